The van der Waals surface area contributed by atoms with E-state index in [1.807, 2.05) is 26.8 Å². The van der Waals surface area contributed by atoms with Gasteiger partial charge in [-0.05, 0) is 58.6 Å². The van der Waals surface area contributed by atoms with Crippen LogP contribution in [-0.4, -0.2) is 40.7 Å². The van der Waals surface area contributed by atoms with Crippen LogP contribution in [0.15, 0.2) is 18.3 Å². The molecule has 3 N–H and O–H groups in total. The minimum Gasteiger partial charge on any atom is -0.444 e. The summed E-state index contributed by atoms with van der Waals surface area (Å²) in [6, 6.07) is 4.37. The van der Waals surface area contributed by atoms with Crippen LogP contribution in [0.2, 0.25) is 0 Å². The SMILES string of the molecule is CC(C)(C)OC(=O)N[C@H]1C[C@H]2CC[C@@H](C1)N2c1ccc(C(N)=O)cn1.Cl. The van der Waals surface area contributed by atoms with E-state index in [0.717, 1.165) is 31.5 Å². The number of anilines is 1. The standard InChI is InChI=1S/C18H26N4O3.ClH/c1-18(2,3)25-17(24)21-12-8-13-5-6-14(9-12)22(13)15-7-4-11(10-20-15)16(19)23;/h4,7,10,12-14H,5-6,8-9H2,1-3H3,(H2,19,23)(H,21,24);1H/t12-,13+,14-;. The molecule has 3 atom stereocenters. The molecular weight excluding hydrogens is 356 g/mol. The van der Waals surface area contributed by atoms with Crippen LogP contribution in [0.1, 0.15) is 56.8 Å². The molecule has 2 amide bonds. The van der Waals surface area contributed by atoms with Crippen molar-refractivity contribution in [2.75, 3.05) is 4.90 Å². The molecule has 8 heteroatoms. The molecule has 2 saturated heterocycles. The molecule has 2 bridgehead atoms. The predicted octanol–water partition coefficient (Wildman–Crippen LogP) is 2.63. The number of carbonyl (C=O) groups is 2. The Balaban J connectivity index is 0.00000243. The average Bonchev–Trinajstić information content (AvgIpc) is 2.76. The Morgan fingerprint density at radius 3 is 2.31 bits per heavy atom. The maximum atomic E-state index is 12.0. The number of halogens is 1. The Morgan fingerprint density at radius 1 is 1.23 bits per heavy atom. The number of alkyl carbamates (subject to hydrolysis) is 1. The summed E-state index contributed by atoms with van der Waals surface area (Å²) in [6.07, 6.45) is 5.08. The largest absolute Gasteiger partial charge is 0.444 e. The number of rotatable bonds is 3. The van der Waals surface area contributed by atoms with Crippen LogP contribution < -0.4 is 16.0 Å². The molecule has 0 unspecified atom stereocenters. The number of carbonyl (C=O) groups excluding carboxylic acids is 2. The lowest BCUT2D eigenvalue weighted by molar-refractivity contribution is 0.0492. The van der Waals surface area contributed by atoms with Gasteiger partial charge in [0, 0.05) is 24.3 Å². The van der Waals surface area contributed by atoms with Crippen LogP contribution >= 0.6 is 12.4 Å². The van der Waals surface area contributed by atoms with Crippen molar-refractivity contribution < 1.29 is 14.3 Å². The highest BCUT2D eigenvalue weighted by atomic mass is 35.5. The normalized spacial score (nSPS) is 24.6. The second-order valence-corrected chi connectivity index (χ2v) is 7.88. The first-order valence-corrected chi connectivity index (χ1v) is 8.76. The van der Waals surface area contributed by atoms with Crippen LogP contribution in [0.25, 0.3) is 0 Å². The highest BCUT2D eigenvalue weighted by Crippen LogP contribution is 2.38. The van der Waals surface area contributed by atoms with Gasteiger partial charge in [-0.3, -0.25) is 4.79 Å². The lowest BCUT2D eigenvalue weighted by atomic mass is 9.97. The molecule has 0 aromatic carbocycles. The van der Waals surface area contributed by atoms with Gasteiger partial charge in [0.2, 0.25) is 5.91 Å². The van der Waals surface area contributed by atoms with Crippen molar-refractivity contribution in [2.45, 2.75) is 70.2 Å². The quantitative estimate of drug-likeness (QED) is 0.837. The van der Waals surface area contributed by atoms with Crippen LogP contribution in [-0.2, 0) is 4.74 Å². The van der Waals surface area contributed by atoms with Crippen LogP contribution in [0.3, 0.4) is 0 Å². The fraction of sp³-hybridized carbons (Fsp3) is 0.611. The Morgan fingerprint density at radius 2 is 1.85 bits per heavy atom. The topological polar surface area (TPSA) is 97.5 Å². The minimum absolute atomic E-state index is 0. The fourth-order valence-electron chi connectivity index (χ4n) is 3.83. The van der Waals surface area contributed by atoms with E-state index < -0.39 is 11.5 Å². The van der Waals surface area contributed by atoms with E-state index in [4.69, 9.17) is 10.5 Å². The van der Waals surface area contributed by atoms with Gasteiger partial charge in [0.1, 0.15) is 11.4 Å². The molecule has 0 aliphatic carbocycles. The molecule has 1 aromatic heterocycles. The number of nitrogens with two attached hydrogens (primary N) is 1. The Hall–Kier alpha value is -2.02. The molecule has 0 spiro atoms. The van der Waals surface area contributed by atoms with E-state index in [2.05, 4.69) is 15.2 Å². The van der Waals surface area contributed by atoms with Gasteiger partial charge < -0.3 is 20.7 Å². The number of hydrogen-bond donors (Lipinski definition) is 2. The van der Waals surface area contributed by atoms with E-state index >= 15 is 0 Å². The van der Waals surface area contributed by atoms with Crippen molar-refractivity contribution in [3.05, 3.63) is 23.9 Å². The molecule has 3 heterocycles. The van der Waals surface area contributed by atoms with Gasteiger partial charge in [-0.15, -0.1) is 12.4 Å². The maximum absolute atomic E-state index is 12.0. The van der Waals surface area contributed by atoms with Crippen LogP contribution in [0.5, 0.6) is 0 Å². The Labute approximate surface area is 160 Å². The molecule has 26 heavy (non-hydrogen) atoms. The zero-order valence-electron chi connectivity index (χ0n) is 15.4. The minimum atomic E-state index is -0.490. The van der Waals surface area contributed by atoms with Crippen molar-refractivity contribution in [1.82, 2.24) is 10.3 Å². The highest BCUT2D eigenvalue weighted by molar-refractivity contribution is 5.92. The summed E-state index contributed by atoms with van der Waals surface area (Å²) in [5, 5.41) is 3.00. The van der Waals surface area contributed by atoms with E-state index in [1.165, 1.54) is 6.20 Å². The average molecular weight is 383 g/mol. The van der Waals surface area contributed by atoms with Crippen molar-refractivity contribution in [1.29, 1.82) is 0 Å². The number of hydrogen-bond acceptors (Lipinski definition) is 5. The molecular formula is C18H27ClN4O3. The number of aromatic nitrogens is 1. The second-order valence-electron chi connectivity index (χ2n) is 7.88. The Kier molecular flexibility index (Phi) is 6.01. The number of amides is 2. The fourth-order valence-corrected chi connectivity index (χ4v) is 3.83. The summed E-state index contributed by atoms with van der Waals surface area (Å²) < 4.78 is 5.36. The summed E-state index contributed by atoms with van der Waals surface area (Å²) in [7, 11) is 0. The number of nitrogens with zero attached hydrogens (tertiary/aromatic N) is 2. The van der Waals surface area contributed by atoms with Crippen molar-refractivity contribution in [2.24, 2.45) is 5.73 Å². The third-order valence-corrected chi connectivity index (χ3v) is 4.75. The molecule has 0 saturated carbocycles. The van der Waals surface area contributed by atoms with E-state index in [1.54, 1.807) is 6.07 Å². The van der Waals surface area contributed by atoms with E-state index in [-0.39, 0.29) is 24.5 Å². The summed E-state index contributed by atoms with van der Waals surface area (Å²) in [5.41, 5.74) is 5.20. The van der Waals surface area contributed by atoms with Gasteiger partial charge >= 0.3 is 6.09 Å². The first-order chi connectivity index (χ1) is 11.7. The maximum Gasteiger partial charge on any atom is 0.407 e. The van der Waals surface area contributed by atoms with Crippen molar-refractivity contribution >= 4 is 30.2 Å². The molecule has 3 rings (SSSR count). The Bertz CT molecular complexity index is 645. The zero-order valence-corrected chi connectivity index (χ0v) is 16.2. The lowest BCUT2D eigenvalue weighted by Gasteiger charge is -2.40. The molecule has 2 aliphatic heterocycles. The molecule has 2 fully saturated rings. The summed E-state index contributed by atoms with van der Waals surface area (Å²) in [6.45, 7) is 5.58. The van der Waals surface area contributed by atoms with Crippen molar-refractivity contribution in [3.8, 4) is 0 Å². The molecule has 7 nitrogen and oxygen atoms in total. The second kappa shape index (κ2) is 7.70. The lowest BCUT2D eigenvalue weighted by Crippen LogP contribution is -2.51. The third-order valence-electron chi connectivity index (χ3n) is 4.75. The first-order valence-electron chi connectivity index (χ1n) is 8.76. The smallest absolute Gasteiger partial charge is 0.407 e. The summed E-state index contributed by atoms with van der Waals surface area (Å²) in [5.74, 6) is 0.399. The number of fused-ring (bicyclic) bond motifs is 2. The number of pyridine rings is 1. The molecule has 2 aliphatic rings. The van der Waals surface area contributed by atoms with E-state index in [0.29, 0.717) is 17.6 Å². The van der Waals surface area contributed by atoms with Gasteiger partial charge in [-0.25, -0.2) is 9.78 Å². The highest BCUT2D eigenvalue weighted by Gasteiger charge is 2.42. The van der Waals surface area contributed by atoms with Crippen molar-refractivity contribution in [3.63, 3.8) is 0 Å². The predicted molar refractivity (Wildman–Crippen MR) is 102 cm³/mol. The first kappa shape index (κ1) is 20.3. The zero-order chi connectivity index (χ0) is 18.2. The van der Waals surface area contributed by atoms with Gasteiger partial charge in [-0.1, -0.05) is 0 Å². The summed E-state index contributed by atoms with van der Waals surface area (Å²) >= 11 is 0. The van der Waals surface area contributed by atoms with Gasteiger partial charge in [0.25, 0.3) is 0 Å². The number of ether oxygens (including phenoxy) is 1. The number of primary amides is 1. The van der Waals surface area contributed by atoms with Gasteiger partial charge in [0.15, 0.2) is 0 Å². The van der Waals surface area contributed by atoms with Gasteiger partial charge in [0.05, 0.1) is 5.56 Å². The third kappa shape index (κ3) is 4.58. The van der Waals surface area contributed by atoms with Gasteiger partial charge in [-0.2, -0.15) is 0 Å². The monoisotopic (exact) mass is 382 g/mol. The number of piperidine rings is 1. The summed E-state index contributed by atoms with van der Waals surface area (Å²) in [4.78, 5) is 29.9. The molecule has 1 aromatic rings. The van der Waals surface area contributed by atoms with Crippen LogP contribution in [0, 0.1) is 0 Å². The molecule has 144 valence electrons. The molecule has 0 radical (unpaired) electrons. The van der Waals surface area contributed by atoms with E-state index in [9.17, 15) is 9.59 Å². The van der Waals surface area contributed by atoms with Crippen LogP contribution in [0.4, 0.5) is 10.6 Å². The number of nitrogens with one attached hydrogen (secondary N) is 1.